The van der Waals surface area contributed by atoms with E-state index in [0.29, 0.717) is 21.2 Å². The van der Waals surface area contributed by atoms with Crippen molar-refractivity contribution in [1.29, 1.82) is 0 Å². The molecule has 0 bridgehead atoms. The molecular formula is C15H17FN2O2S2. The molecule has 1 aromatic heterocycles. The molecule has 0 radical (unpaired) electrons. The highest BCUT2D eigenvalue weighted by atomic mass is 32.2. The third kappa shape index (κ3) is 4.28. The van der Waals surface area contributed by atoms with Crippen molar-refractivity contribution < 1.29 is 14.3 Å². The molecule has 7 heteroatoms. The molecule has 0 spiro atoms. The Bertz CT molecular complexity index is 658. The van der Waals surface area contributed by atoms with E-state index >= 15 is 0 Å². The molecule has 1 aromatic carbocycles. The van der Waals surface area contributed by atoms with Crippen LogP contribution in [-0.2, 0) is 0 Å². The lowest BCUT2D eigenvalue weighted by Gasteiger charge is -2.22. The molecule has 1 unspecified atom stereocenters. The lowest BCUT2D eigenvalue weighted by molar-refractivity contribution is 0.0727. The van der Waals surface area contributed by atoms with Gasteiger partial charge in [0.25, 0.3) is 5.91 Å². The minimum Gasteiger partial charge on any atom is -0.387 e. The van der Waals surface area contributed by atoms with Crippen LogP contribution in [0.4, 0.5) is 4.39 Å². The quantitative estimate of drug-likeness (QED) is 0.849. The van der Waals surface area contributed by atoms with Gasteiger partial charge in [-0.15, -0.1) is 11.3 Å². The van der Waals surface area contributed by atoms with Crippen molar-refractivity contribution in [2.45, 2.75) is 12.5 Å². The number of benzene rings is 1. The van der Waals surface area contributed by atoms with Crippen LogP contribution >= 0.6 is 23.1 Å². The van der Waals surface area contributed by atoms with Crippen molar-refractivity contribution in [3.63, 3.8) is 0 Å². The van der Waals surface area contributed by atoms with E-state index in [2.05, 4.69) is 10.3 Å². The van der Waals surface area contributed by atoms with Crippen molar-refractivity contribution in [2.24, 2.45) is 0 Å². The Morgan fingerprint density at radius 2 is 2.23 bits per heavy atom. The maximum absolute atomic E-state index is 13.7. The lowest BCUT2D eigenvalue weighted by Crippen LogP contribution is -2.42. The van der Waals surface area contributed by atoms with Crippen molar-refractivity contribution >= 4 is 29.0 Å². The van der Waals surface area contributed by atoms with Gasteiger partial charge in [0.1, 0.15) is 15.7 Å². The molecule has 4 nitrogen and oxygen atoms in total. The zero-order valence-corrected chi connectivity index (χ0v) is 13.9. The number of halogens is 1. The van der Waals surface area contributed by atoms with Crippen molar-refractivity contribution in [3.05, 3.63) is 41.2 Å². The summed E-state index contributed by atoms with van der Waals surface area (Å²) in [5.41, 5.74) is -0.588. The van der Waals surface area contributed by atoms with E-state index in [1.807, 2.05) is 6.26 Å². The number of hydrogen-bond acceptors (Lipinski definition) is 5. The molecule has 2 rings (SSSR count). The Morgan fingerprint density at radius 3 is 2.91 bits per heavy atom. The van der Waals surface area contributed by atoms with Crippen molar-refractivity contribution in [1.82, 2.24) is 10.3 Å². The number of thiazole rings is 1. The van der Waals surface area contributed by atoms with Crippen LogP contribution in [0, 0.1) is 5.82 Å². The number of hydrogen-bond donors (Lipinski definition) is 2. The summed E-state index contributed by atoms with van der Waals surface area (Å²) >= 11 is 2.63. The van der Waals surface area contributed by atoms with Gasteiger partial charge in [-0.1, -0.05) is 12.1 Å². The van der Waals surface area contributed by atoms with E-state index in [-0.39, 0.29) is 18.3 Å². The second-order valence-electron chi connectivity index (χ2n) is 5.12. The highest BCUT2D eigenvalue weighted by Crippen LogP contribution is 2.27. The SMILES string of the molecule is CSCC(C)(O)CNC(=O)c1cnc(-c2ccccc2F)s1. The molecule has 0 saturated heterocycles. The lowest BCUT2D eigenvalue weighted by atomic mass is 10.1. The van der Waals surface area contributed by atoms with E-state index in [1.54, 1.807) is 25.1 Å². The van der Waals surface area contributed by atoms with E-state index in [4.69, 9.17) is 0 Å². The number of rotatable bonds is 6. The molecule has 0 fully saturated rings. The molecule has 118 valence electrons. The first-order valence-electron chi connectivity index (χ1n) is 6.63. The van der Waals surface area contributed by atoms with Gasteiger partial charge in [0.05, 0.1) is 11.8 Å². The Kier molecular flexibility index (Phi) is 5.55. The minimum atomic E-state index is -0.964. The average molecular weight is 340 g/mol. The Hall–Kier alpha value is -1.44. The van der Waals surface area contributed by atoms with Gasteiger partial charge in [-0.05, 0) is 25.3 Å². The number of amides is 1. The topological polar surface area (TPSA) is 62.2 Å². The first-order valence-corrected chi connectivity index (χ1v) is 8.84. The van der Waals surface area contributed by atoms with Crippen LogP contribution in [0.3, 0.4) is 0 Å². The summed E-state index contributed by atoms with van der Waals surface area (Å²) in [6, 6.07) is 6.31. The number of carbonyl (C=O) groups excluding carboxylic acids is 1. The smallest absolute Gasteiger partial charge is 0.263 e. The van der Waals surface area contributed by atoms with Gasteiger partial charge in [0.15, 0.2) is 0 Å². The normalized spacial score (nSPS) is 13.6. The zero-order chi connectivity index (χ0) is 16.2. The maximum Gasteiger partial charge on any atom is 0.263 e. The molecule has 2 aromatic rings. The van der Waals surface area contributed by atoms with Crippen LogP contribution in [-0.4, -0.2) is 40.2 Å². The standard InChI is InChI=1S/C15H17FN2O2S2/c1-15(20,9-21-2)8-18-13(19)12-7-17-14(22-12)10-5-3-4-6-11(10)16/h3-7,20H,8-9H2,1-2H3,(H,18,19). The number of thioether (sulfide) groups is 1. The highest BCUT2D eigenvalue weighted by Gasteiger charge is 2.21. The van der Waals surface area contributed by atoms with Gasteiger partial charge in [-0.2, -0.15) is 11.8 Å². The molecule has 1 atom stereocenters. The van der Waals surface area contributed by atoms with E-state index in [1.165, 1.54) is 24.0 Å². The zero-order valence-electron chi connectivity index (χ0n) is 12.3. The van der Waals surface area contributed by atoms with Crippen LogP contribution in [0.25, 0.3) is 10.6 Å². The summed E-state index contributed by atoms with van der Waals surface area (Å²) < 4.78 is 13.7. The molecule has 1 heterocycles. The van der Waals surface area contributed by atoms with Gasteiger partial charge >= 0.3 is 0 Å². The van der Waals surface area contributed by atoms with Crippen LogP contribution in [0.5, 0.6) is 0 Å². The molecule has 0 aliphatic heterocycles. The largest absolute Gasteiger partial charge is 0.387 e. The van der Waals surface area contributed by atoms with Crippen LogP contribution in [0.1, 0.15) is 16.6 Å². The van der Waals surface area contributed by atoms with Gasteiger partial charge in [-0.25, -0.2) is 9.37 Å². The maximum atomic E-state index is 13.7. The molecule has 22 heavy (non-hydrogen) atoms. The van der Waals surface area contributed by atoms with Crippen LogP contribution in [0.15, 0.2) is 30.5 Å². The molecule has 0 saturated carbocycles. The fourth-order valence-electron chi connectivity index (χ4n) is 1.86. The first kappa shape index (κ1) is 16.9. The van der Waals surface area contributed by atoms with Gasteiger partial charge in [0.2, 0.25) is 0 Å². The molecule has 1 amide bonds. The Morgan fingerprint density at radius 1 is 1.50 bits per heavy atom. The van der Waals surface area contributed by atoms with Crippen LogP contribution in [0.2, 0.25) is 0 Å². The third-order valence-electron chi connectivity index (χ3n) is 2.92. The molecule has 2 N–H and O–H groups in total. The number of nitrogens with zero attached hydrogens (tertiary/aromatic N) is 1. The van der Waals surface area contributed by atoms with Crippen LogP contribution < -0.4 is 5.32 Å². The second kappa shape index (κ2) is 7.21. The summed E-state index contributed by atoms with van der Waals surface area (Å²) in [6.45, 7) is 1.82. The summed E-state index contributed by atoms with van der Waals surface area (Å²) in [4.78, 5) is 16.6. The third-order valence-corrected chi connectivity index (χ3v) is 4.86. The number of nitrogens with one attached hydrogen (secondary N) is 1. The van der Waals surface area contributed by atoms with E-state index < -0.39 is 5.60 Å². The fraction of sp³-hybridized carbons (Fsp3) is 0.333. The Balaban J connectivity index is 2.05. The van der Waals surface area contributed by atoms with Gasteiger partial charge in [-0.3, -0.25) is 4.79 Å². The summed E-state index contributed by atoms with van der Waals surface area (Å²) in [6.07, 6.45) is 3.31. The highest BCUT2D eigenvalue weighted by molar-refractivity contribution is 7.98. The predicted octanol–water partition coefficient (Wildman–Crippen LogP) is 2.79. The predicted molar refractivity (Wildman–Crippen MR) is 88.8 cm³/mol. The summed E-state index contributed by atoms with van der Waals surface area (Å²) in [5, 5.41) is 13.2. The fourth-order valence-corrected chi connectivity index (χ4v) is 3.44. The number of aliphatic hydroxyl groups is 1. The molecule has 0 aliphatic rings. The van der Waals surface area contributed by atoms with Gasteiger partial charge in [0, 0.05) is 17.9 Å². The van der Waals surface area contributed by atoms with Crippen molar-refractivity contribution in [3.8, 4) is 10.6 Å². The minimum absolute atomic E-state index is 0.152. The van der Waals surface area contributed by atoms with Crippen molar-refractivity contribution in [2.75, 3.05) is 18.6 Å². The molecule has 0 aliphatic carbocycles. The molecular weight excluding hydrogens is 323 g/mol. The van der Waals surface area contributed by atoms with E-state index in [9.17, 15) is 14.3 Å². The van der Waals surface area contributed by atoms with E-state index in [0.717, 1.165) is 11.3 Å². The number of aromatic nitrogens is 1. The monoisotopic (exact) mass is 340 g/mol. The summed E-state index contributed by atoms with van der Waals surface area (Å²) in [7, 11) is 0. The number of carbonyl (C=O) groups is 1. The average Bonchev–Trinajstić information content (AvgIpc) is 2.95. The Labute approximate surface area is 136 Å². The summed E-state index contributed by atoms with van der Waals surface area (Å²) in [5.74, 6) is -0.163. The first-order chi connectivity index (χ1) is 10.4. The van der Waals surface area contributed by atoms with Gasteiger partial charge < -0.3 is 10.4 Å². The second-order valence-corrected chi connectivity index (χ2v) is 7.02.